The summed E-state index contributed by atoms with van der Waals surface area (Å²) in [5, 5.41) is 49.8. The minimum atomic E-state index is -1.35. The molecule has 28 heavy (non-hydrogen) atoms. The second-order valence-electron chi connectivity index (χ2n) is 8.49. The fourth-order valence-corrected chi connectivity index (χ4v) is 4.34. The van der Waals surface area contributed by atoms with Crippen LogP contribution in [-0.2, 0) is 11.2 Å². The highest BCUT2D eigenvalue weighted by molar-refractivity contribution is 5.58. The van der Waals surface area contributed by atoms with Crippen LogP contribution in [0.1, 0.15) is 48.4 Å². The summed E-state index contributed by atoms with van der Waals surface area (Å²) >= 11 is 0. The van der Waals surface area contributed by atoms with Gasteiger partial charge in [-0.25, -0.2) is 0 Å². The second-order valence-corrected chi connectivity index (χ2v) is 8.49. The van der Waals surface area contributed by atoms with Crippen molar-refractivity contribution in [3.8, 4) is 11.5 Å². The molecule has 1 saturated heterocycles. The van der Waals surface area contributed by atoms with Crippen molar-refractivity contribution in [2.24, 2.45) is 0 Å². The molecule has 6 atom stereocenters. The number of phenols is 1. The summed E-state index contributed by atoms with van der Waals surface area (Å²) in [4.78, 5) is 0. The minimum absolute atomic E-state index is 0.324. The molecule has 7 heteroatoms. The average molecular weight is 396 g/mol. The molecule has 0 aromatic heterocycles. The summed E-state index contributed by atoms with van der Waals surface area (Å²) in [5.41, 5.74) is 3.15. The quantitative estimate of drug-likeness (QED) is 0.515. The van der Waals surface area contributed by atoms with Gasteiger partial charge in [0.25, 0.3) is 0 Å². The molecule has 0 aliphatic carbocycles. The lowest BCUT2D eigenvalue weighted by Crippen LogP contribution is -2.58. The smallest absolute Gasteiger partial charge is 0.127 e. The zero-order chi connectivity index (χ0) is 20.8. The Kier molecular flexibility index (Phi) is 5.94. The van der Waals surface area contributed by atoms with E-state index in [4.69, 9.17) is 9.47 Å². The Bertz CT molecular complexity index is 732. The number of hydrogen-bond donors (Lipinski definition) is 5. The molecular formula is C21H32O7. The van der Waals surface area contributed by atoms with Crippen molar-refractivity contribution >= 4 is 0 Å². The van der Waals surface area contributed by atoms with Crippen molar-refractivity contribution in [3.05, 3.63) is 22.3 Å². The molecule has 2 aliphatic heterocycles. The third-order valence-corrected chi connectivity index (χ3v) is 6.54. The van der Waals surface area contributed by atoms with Crippen molar-refractivity contribution in [2.45, 2.75) is 89.5 Å². The van der Waals surface area contributed by atoms with Crippen LogP contribution < -0.4 is 4.74 Å². The number of ether oxygens (including phenoxy) is 2. The molecule has 7 nitrogen and oxygen atoms in total. The summed E-state index contributed by atoms with van der Waals surface area (Å²) in [5.74, 6) is 1.14. The van der Waals surface area contributed by atoms with Gasteiger partial charge in [0.05, 0.1) is 12.7 Å². The third-order valence-electron chi connectivity index (χ3n) is 6.54. The molecule has 1 unspecified atom stereocenters. The molecule has 1 fully saturated rings. The first-order valence-electron chi connectivity index (χ1n) is 9.90. The van der Waals surface area contributed by atoms with Crippen molar-refractivity contribution in [1.82, 2.24) is 0 Å². The van der Waals surface area contributed by atoms with Crippen LogP contribution in [0, 0.1) is 20.8 Å². The van der Waals surface area contributed by atoms with Crippen LogP contribution in [0.15, 0.2) is 0 Å². The Labute approximate surface area is 165 Å². The number of fused-ring (bicyclic) bond motifs is 1. The van der Waals surface area contributed by atoms with E-state index in [0.717, 1.165) is 40.8 Å². The fraction of sp³-hybridized carbons (Fsp3) is 0.714. The number of phenolic OH excluding ortho intramolecular Hbond substituents is 1. The molecule has 2 heterocycles. The van der Waals surface area contributed by atoms with Crippen molar-refractivity contribution in [1.29, 1.82) is 0 Å². The van der Waals surface area contributed by atoms with E-state index in [2.05, 4.69) is 0 Å². The van der Waals surface area contributed by atoms with Gasteiger partial charge >= 0.3 is 0 Å². The van der Waals surface area contributed by atoms with E-state index < -0.39 is 42.7 Å². The molecule has 5 N–H and O–H groups in total. The number of hydrogen-bond acceptors (Lipinski definition) is 7. The maximum atomic E-state index is 10.3. The van der Waals surface area contributed by atoms with Crippen LogP contribution in [-0.4, -0.2) is 68.3 Å². The normalized spacial score (nSPS) is 35.4. The largest absolute Gasteiger partial charge is 0.507 e. The van der Waals surface area contributed by atoms with Crippen LogP contribution in [0.2, 0.25) is 0 Å². The molecule has 0 bridgehead atoms. The summed E-state index contributed by atoms with van der Waals surface area (Å²) in [6, 6.07) is 0. The van der Waals surface area contributed by atoms with Crippen molar-refractivity contribution in [2.75, 3.05) is 6.61 Å². The van der Waals surface area contributed by atoms with Gasteiger partial charge in [0.2, 0.25) is 0 Å². The lowest BCUT2D eigenvalue weighted by atomic mass is 9.83. The molecule has 1 aromatic carbocycles. The lowest BCUT2D eigenvalue weighted by Gasteiger charge is -2.42. The van der Waals surface area contributed by atoms with Crippen molar-refractivity contribution in [3.63, 3.8) is 0 Å². The zero-order valence-electron chi connectivity index (χ0n) is 17.0. The standard InChI is InChI=1S/C21H32O7/c1-10-11(2)20-13(12(3)16(10)23)5-7-21(4,28-20)8-6-14-17(24)19(26)18(25)15(9-22)27-14/h14-15,17-19,22-26H,5-9H2,1-4H3/t14-,15-,17+,18-,19-,21?/m1/s1. The summed E-state index contributed by atoms with van der Waals surface area (Å²) < 4.78 is 12.0. The van der Waals surface area contributed by atoms with E-state index in [9.17, 15) is 25.5 Å². The van der Waals surface area contributed by atoms with E-state index in [-0.39, 0.29) is 0 Å². The maximum absolute atomic E-state index is 10.3. The molecular weight excluding hydrogens is 364 g/mol. The highest BCUT2D eigenvalue weighted by Gasteiger charge is 2.44. The highest BCUT2D eigenvalue weighted by atomic mass is 16.5. The third kappa shape index (κ3) is 3.62. The van der Waals surface area contributed by atoms with Gasteiger partial charge in [0, 0.05) is 5.56 Å². The average Bonchev–Trinajstić information content (AvgIpc) is 2.68. The van der Waals surface area contributed by atoms with Gasteiger partial charge in [-0.15, -0.1) is 0 Å². The Hall–Kier alpha value is -1.38. The number of rotatable bonds is 4. The van der Waals surface area contributed by atoms with E-state index >= 15 is 0 Å². The van der Waals surface area contributed by atoms with Crippen LogP contribution in [0.5, 0.6) is 11.5 Å². The Morgan fingerprint density at radius 1 is 0.964 bits per heavy atom. The SMILES string of the molecule is Cc1c(C)c2c(c(C)c1O)CCC(C)(CC[C@H]1O[C@H](CO)[C@@H](O)[C@H](O)[C@H]1O)O2. The first-order valence-corrected chi connectivity index (χ1v) is 9.90. The molecule has 0 spiro atoms. The Morgan fingerprint density at radius 3 is 2.25 bits per heavy atom. The summed E-state index contributed by atoms with van der Waals surface area (Å²) in [6.45, 7) is 7.30. The Morgan fingerprint density at radius 2 is 1.61 bits per heavy atom. The molecule has 0 saturated carbocycles. The molecule has 3 rings (SSSR count). The molecule has 0 radical (unpaired) electrons. The van der Waals surface area contributed by atoms with E-state index in [1.807, 2.05) is 27.7 Å². The molecule has 0 amide bonds. The first kappa shape index (κ1) is 21.3. The van der Waals surface area contributed by atoms with Gasteiger partial charge in [0.15, 0.2) is 0 Å². The minimum Gasteiger partial charge on any atom is -0.507 e. The van der Waals surface area contributed by atoms with Gasteiger partial charge in [-0.1, -0.05) is 0 Å². The number of aliphatic hydroxyl groups excluding tert-OH is 4. The predicted octanol–water partition coefficient (Wildman–Crippen LogP) is 1.02. The van der Waals surface area contributed by atoms with Gasteiger partial charge in [-0.3, -0.25) is 0 Å². The highest BCUT2D eigenvalue weighted by Crippen LogP contribution is 2.44. The number of aliphatic hydroxyl groups is 4. The van der Waals surface area contributed by atoms with Gasteiger partial charge in [-0.05, 0) is 70.1 Å². The molecule has 158 valence electrons. The number of benzene rings is 1. The Balaban J connectivity index is 1.74. The van der Waals surface area contributed by atoms with Gasteiger partial charge < -0.3 is 35.0 Å². The first-order chi connectivity index (χ1) is 13.1. The van der Waals surface area contributed by atoms with Gasteiger partial charge in [0.1, 0.15) is 41.5 Å². The number of aromatic hydroxyl groups is 1. The predicted molar refractivity (Wildman–Crippen MR) is 103 cm³/mol. The van der Waals surface area contributed by atoms with Crippen molar-refractivity contribution < 1.29 is 35.0 Å². The topological polar surface area (TPSA) is 120 Å². The molecule has 2 aliphatic rings. The summed E-state index contributed by atoms with van der Waals surface area (Å²) in [6.07, 6.45) is -2.97. The van der Waals surface area contributed by atoms with Crippen LogP contribution in [0.25, 0.3) is 0 Å². The zero-order valence-corrected chi connectivity index (χ0v) is 17.0. The second kappa shape index (κ2) is 7.80. The lowest BCUT2D eigenvalue weighted by molar-refractivity contribution is -0.231. The van der Waals surface area contributed by atoms with Crippen LogP contribution in [0.4, 0.5) is 0 Å². The van der Waals surface area contributed by atoms with Gasteiger partial charge in [-0.2, -0.15) is 0 Å². The summed E-state index contributed by atoms with van der Waals surface area (Å²) in [7, 11) is 0. The van der Waals surface area contributed by atoms with E-state index in [0.29, 0.717) is 18.6 Å². The molecule has 1 aromatic rings. The van der Waals surface area contributed by atoms with Crippen LogP contribution in [0.3, 0.4) is 0 Å². The monoisotopic (exact) mass is 396 g/mol. The maximum Gasteiger partial charge on any atom is 0.127 e. The van der Waals surface area contributed by atoms with E-state index in [1.54, 1.807) is 0 Å². The van der Waals surface area contributed by atoms with E-state index in [1.165, 1.54) is 0 Å². The fourth-order valence-electron chi connectivity index (χ4n) is 4.34. The van der Waals surface area contributed by atoms with Crippen LogP contribution >= 0.6 is 0 Å².